The third-order valence-electron chi connectivity index (χ3n) is 2.79. The molecule has 1 unspecified atom stereocenters. The molecular weight excluding hydrogens is 267 g/mol. The Morgan fingerprint density at radius 1 is 1.33 bits per heavy atom. The molecule has 1 saturated heterocycles. The van der Waals surface area contributed by atoms with Crippen molar-refractivity contribution in [3.8, 4) is 5.75 Å². The molecule has 0 amide bonds. The highest BCUT2D eigenvalue weighted by atomic mass is 35.5. The monoisotopic (exact) mass is 279 g/mol. The van der Waals surface area contributed by atoms with Gasteiger partial charge in [-0.05, 0) is 37.6 Å². The number of hydrogen-bond acceptors (Lipinski definition) is 2. The van der Waals surface area contributed by atoms with E-state index in [1.165, 1.54) is 12.1 Å². The fourth-order valence-electron chi connectivity index (χ4n) is 1.93. The van der Waals surface area contributed by atoms with Gasteiger partial charge < -0.3 is 10.1 Å². The van der Waals surface area contributed by atoms with E-state index in [-0.39, 0.29) is 16.9 Å². The smallest absolute Gasteiger partial charge is 0.420 e. The zero-order valence-electron chi connectivity index (χ0n) is 9.56. The lowest BCUT2D eigenvalue weighted by Gasteiger charge is -2.25. The lowest BCUT2D eigenvalue weighted by atomic mass is 10.1. The van der Waals surface area contributed by atoms with Crippen LogP contribution in [0.1, 0.15) is 18.4 Å². The van der Waals surface area contributed by atoms with Gasteiger partial charge in [0.05, 0.1) is 5.56 Å². The Morgan fingerprint density at radius 3 is 2.72 bits per heavy atom. The van der Waals surface area contributed by atoms with Crippen molar-refractivity contribution in [1.82, 2.24) is 5.32 Å². The van der Waals surface area contributed by atoms with Crippen LogP contribution in [0.2, 0.25) is 5.02 Å². The van der Waals surface area contributed by atoms with Crippen LogP contribution >= 0.6 is 11.6 Å². The second-order valence-electron chi connectivity index (χ2n) is 4.22. The van der Waals surface area contributed by atoms with Crippen molar-refractivity contribution in [2.75, 3.05) is 13.1 Å². The molecule has 1 atom stereocenters. The summed E-state index contributed by atoms with van der Waals surface area (Å²) in [7, 11) is 0. The summed E-state index contributed by atoms with van der Waals surface area (Å²) in [5.74, 6) is -0.152. The molecule has 0 bridgehead atoms. The number of rotatable bonds is 2. The van der Waals surface area contributed by atoms with Gasteiger partial charge in [-0.25, -0.2) is 0 Å². The van der Waals surface area contributed by atoms with Gasteiger partial charge in [-0.2, -0.15) is 13.2 Å². The van der Waals surface area contributed by atoms with Crippen molar-refractivity contribution in [3.63, 3.8) is 0 Å². The van der Waals surface area contributed by atoms with E-state index in [0.717, 1.165) is 25.5 Å². The lowest BCUT2D eigenvalue weighted by Crippen LogP contribution is -2.37. The topological polar surface area (TPSA) is 21.3 Å². The first-order chi connectivity index (χ1) is 8.47. The van der Waals surface area contributed by atoms with Crippen molar-refractivity contribution in [2.45, 2.75) is 25.1 Å². The summed E-state index contributed by atoms with van der Waals surface area (Å²) in [5.41, 5.74) is -0.819. The summed E-state index contributed by atoms with van der Waals surface area (Å²) < 4.78 is 43.9. The van der Waals surface area contributed by atoms with E-state index in [1.807, 2.05) is 0 Å². The maximum atomic E-state index is 12.8. The van der Waals surface area contributed by atoms with Gasteiger partial charge in [0, 0.05) is 11.6 Å². The molecule has 2 nitrogen and oxygen atoms in total. The van der Waals surface area contributed by atoms with Crippen molar-refractivity contribution < 1.29 is 17.9 Å². The summed E-state index contributed by atoms with van der Waals surface area (Å²) in [4.78, 5) is 0. The first kappa shape index (κ1) is 13.5. The molecular formula is C12H13ClF3NO. The molecule has 6 heteroatoms. The first-order valence-corrected chi connectivity index (χ1v) is 6.09. The fourth-order valence-corrected chi connectivity index (χ4v) is 2.10. The SMILES string of the molecule is FC(F)(F)c1cc(Cl)ccc1OC1CCCNC1. The third kappa shape index (κ3) is 3.29. The van der Waals surface area contributed by atoms with Gasteiger partial charge in [0.15, 0.2) is 0 Å². The van der Waals surface area contributed by atoms with Crippen LogP contribution in [0, 0.1) is 0 Å². The summed E-state index contributed by atoms with van der Waals surface area (Å²) in [6.07, 6.45) is -3.02. The molecule has 1 aromatic carbocycles. The number of hydrogen-bond donors (Lipinski definition) is 1. The summed E-state index contributed by atoms with van der Waals surface area (Å²) in [5, 5.41) is 3.14. The van der Waals surface area contributed by atoms with Crippen LogP contribution < -0.4 is 10.1 Å². The minimum absolute atomic E-state index is 0.0523. The average Bonchev–Trinajstić information content (AvgIpc) is 2.31. The van der Waals surface area contributed by atoms with Crippen molar-refractivity contribution >= 4 is 11.6 Å². The van der Waals surface area contributed by atoms with E-state index in [9.17, 15) is 13.2 Å². The van der Waals surface area contributed by atoms with Crippen LogP contribution in [0.15, 0.2) is 18.2 Å². The van der Waals surface area contributed by atoms with Gasteiger partial charge >= 0.3 is 6.18 Å². The maximum Gasteiger partial charge on any atom is 0.420 e. The van der Waals surface area contributed by atoms with Crippen molar-refractivity contribution in [2.24, 2.45) is 0 Å². The van der Waals surface area contributed by atoms with Gasteiger partial charge in [0.1, 0.15) is 11.9 Å². The highest BCUT2D eigenvalue weighted by Gasteiger charge is 2.35. The van der Waals surface area contributed by atoms with Gasteiger partial charge in [-0.15, -0.1) is 0 Å². The number of alkyl halides is 3. The summed E-state index contributed by atoms with van der Waals surface area (Å²) in [6.45, 7) is 1.45. The largest absolute Gasteiger partial charge is 0.488 e. The summed E-state index contributed by atoms with van der Waals surface area (Å²) in [6, 6.07) is 3.58. The number of piperidine rings is 1. The average molecular weight is 280 g/mol. The molecule has 2 rings (SSSR count). The minimum atomic E-state index is -4.46. The second kappa shape index (κ2) is 5.36. The predicted molar refractivity (Wildman–Crippen MR) is 63.0 cm³/mol. The van der Waals surface area contributed by atoms with Crippen LogP contribution in [-0.4, -0.2) is 19.2 Å². The van der Waals surface area contributed by atoms with Crippen molar-refractivity contribution in [1.29, 1.82) is 0 Å². The Hall–Kier alpha value is -0.940. The third-order valence-corrected chi connectivity index (χ3v) is 3.03. The van der Waals surface area contributed by atoms with E-state index < -0.39 is 11.7 Å². The van der Waals surface area contributed by atoms with E-state index in [0.29, 0.717) is 6.54 Å². The van der Waals surface area contributed by atoms with Gasteiger partial charge in [-0.3, -0.25) is 0 Å². The molecule has 1 N–H and O–H groups in total. The molecule has 1 heterocycles. The Labute approximate surface area is 108 Å². The van der Waals surface area contributed by atoms with Crippen molar-refractivity contribution in [3.05, 3.63) is 28.8 Å². The number of benzene rings is 1. The van der Waals surface area contributed by atoms with E-state index in [2.05, 4.69) is 5.32 Å². The highest BCUT2D eigenvalue weighted by Crippen LogP contribution is 2.38. The van der Waals surface area contributed by atoms with Gasteiger partial charge in [0.25, 0.3) is 0 Å². The molecule has 0 spiro atoms. The number of halogens is 4. The van der Waals surface area contributed by atoms with Crippen LogP contribution in [-0.2, 0) is 6.18 Å². The minimum Gasteiger partial charge on any atom is -0.488 e. The van der Waals surface area contributed by atoms with Crippen LogP contribution in [0.4, 0.5) is 13.2 Å². The first-order valence-electron chi connectivity index (χ1n) is 5.71. The zero-order chi connectivity index (χ0) is 13.2. The van der Waals surface area contributed by atoms with Gasteiger partial charge in [-0.1, -0.05) is 11.6 Å². The molecule has 0 aromatic heterocycles. The zero-order valence-corrected chi connectivity index (χ0v) is 10.3. The molecule has 0 radical (unpaired) electrons. The van der Waals surface area contributed by atoms with E-state index >= 15 is 0 Å². The van der Waals surface area contributed by atoms with E-state index in [4.69, 9.17) is 16.3 Å². The standard InChI is InChI=1S/C12H13ClF3NO/c13-8-3-4-11(10(6-8)12(14,15)16)18-9-2-1-5-17-7-9/h3-4,6,9,17H,1-2,5,7H2. The molecule has 1 aliphatic heterocycles. The molecule has 18 heavy (non-hydrogen) atoms. The van der Waals surface area contributed by atoms with Crippen LogP contribution in [0.3, 0.4) is 0 Å². The van der Waals surface area contributed by atoms with Gasteiger partial charge in [0.2, 0.25) is 0 Å². The Bertz CT molecular complexity index is 416. The molecule has 1 fully saturated rings. The molecule has 1 aliphatic rings. The normalized spacial score (nSPS) is 20.8. The highest BCUT2D eigenvalue weighted by molar-refractivity contribution is 6.30. The lowest BCUT2D eigenvalue weighted by molar-refractivity contribution is -0.139. The Morgan fingerprint density at radius 2 is 2.11 bits per heavy atom. The molecule has 0 aliphatic carbocycles. The number of ether oxygens (including phenoxy) is 1. The Kier molecular flexibility index (Phi) is 4.02. The number of nitrogens with one attached hydrogen (secondary N) is 1. The second-order valence-corrected chi connectivity index (χ2v) is 4.66. The molecule has 0 saturated carbocycles. The van der Waals surface area contributed by atoms with E-state index in [1.54, 1.807) is 0 Å². The molecule has 1 aromatic rings. The van der Waals surface area contributed by atoms with Crippen LogP contribution in [0.5, 0.6) is 5.75 Å². The predicted octanol–water partition coefficient (Wildman–Crippen LogP) is 3.49. The quantitative estimate of drug-likeness (QED) is 0.895. The summed E-state index contributed by atoms with van der Waals surface area (Å²) >= 11 is 5.60. The maximum absolute atomic E-state index is 12.8. The fraction of sp³-hybridized carbons (Fsp3) is 0.500. The molecule has 100 valence electrons. The Balaban J connectivity index is 2.21. The van der Waals surface area contributed by atoms with Crippen LogP contribution in [0.25, 0.3) is 0 Å².